The number of ketones is 2. The van der Waals surface area contributed by atoms with Crippen LogP contribution in [0.15, 0.2) is 91.1 Å². The zero-order valence-electron chi connectivity index (χ0n) is 25.5. The summed E-state index contributed by atoms with van der Waals surface area (Å²) in [5.41, 5.74) is 2.67. The van der Waals surface area contributed by atoms with Crippen molar-refractivity contribution in [3.8, 4) is 11.5 Å². The Kier molecular flexibility index (Phi) is 6.35. The summed E-state index contributed by atoms with van der Waals surface area (Å²) in [6, 6.07) is 27.7. The van der Waals surface area contributed by atoms with E-state index in [0.29, 0.717) is 29.2 Å². The Hall–Kier alpha value is -4.82. The van der Waals surface area contributed by atoms with E-state index in [1.165, 1.54) is 0 Å². The van der Waals surface area contributed by atoms with Crippen molar-refractivity contribution in [1.29, 1.82) is 0 Å². The van der Waals surface area contributed by atoms with Gasteiger partial charge in [0.25, 0.3) is 0 Å². The van der Waals surface area contributed by atoms with Crippen LogP contribution in [0, 0.1) is 5.92 Å². The van der Waals surface area contributed by atoms with Crippen molar-refractivity contribution in [2.75, 3.05) is 13.2 Å². The third-order valence-electron chi connectivity index (χ3n) is 10.6. The van der Waals surface area contributed by atoms with Crippen LogP contribution in [-0.2, 0) is 18.7 Å². The molecule has 9 rings (SSSR count). The molecular weight excluding hydrogens is 576 g/mol. The summed E-state index contributed by atoms with van der Waals surface area (Å²) in [6.07, 6.45) is 5.48. The molecule has 5 aromatic rings. The lowest BCUT2D eigenvalue weighted by molar-refractivity contribution is 0.0518. The summed E-state index contributed by atoms with van der Waals surface area (Å²) in [6.45, 7) is 2.20. The number of para-hydroxylation sites is 2. The Labute approximate surface area is 266 Å². The van der Waals surface area contributed by atoms with E-state index < -0.39 is 11.5 Å². The average Bonchev–Trinajstić information content (AvgIpc) is 3.86. The number of hydrogen-bond acceptors (Lipinski definition) is 7. The van der Waals surface area contributed by atoms with Gasteiger partial charge in [-0.25, -0.2) is 0 Å². The molecule has 1 unspecified atom stereocenters. The van der Waals surface area contributed by atoms with Crippen LogP contribution >= 0.6 is 0 Å². The van der Waals surface area contributed by atoms with E-state index in [0.717, 1.165) is 66.4 Å². The lowest BCUT2D eigenvalue weighted by Gasteiger charge is -2.38. The van der Waals surface area contributed by atoms with Crippen molar-refractivity contribution in [2.45, 2.75) is 56.3 Å². The highest BCUT2D eigenvalue weighted by Gasteiger charge is 2.69. The standard InChI is InChI=1S/C38H34N4O4/c43-36-27-13-2-4-18-32(27)46-23-25-22-41(40-39-25)19-5-6-21-45-31-17-3-1-12-26(31)34-30-16-9-20-42(30)38(35(34)36)29-15-8-11-24-10-7-14-28(33(24)29)37(38)44/h1-4,7-8,10-15,17-18,22,30,34-35H,5-6,9,16,19-21,23H2/t30?,34-,35-,38+/m0/s1. The first-order valence-corrected chi connectivity index (χ1v) is 16.4. The second-order valence-electron chi connectivity index (χ2n) is 12.9. The lowest BCUT2D eigenvalue weighted by atomic mass is 9.68. The molecule has 1 spiro atoms. The maximum Gasteiger partial charge on any atom is 0.189 e. The summed E-state index contributed by atoms with van der Waals surface area (Å²) >= 11 is 0. The van der Waals surface area contributed by atoms with E-state index >= 15 is 9.59 Å². The predicted molar refractivity (Wildman–Crippen MR) is 172 cm³/mol. The van der Waals surface area contributed by atoms with Crippen molar-refractivity contribution in [3.63, 3.8) is 0 Å². The number of rotatable bonds is 0. The number of carbonyl (C=O) groups excluding carboxylic acids is 2. The van der Waals surface area contributed by atoms with Crippen LogP contribution in [-0.4, -0.2) is 50.7 Å². The van der Waals surface area contributed by atoms with E-state index in [1.807, 2.05) is 71.5 Å². The first-order chi connectivity index (χ1) is 22.7. The van der Waals surface area contributed by atoms with Gasteiger partial charge in [-0.05, 0) is 72.3 Å². The van der Waals surface area contributed by atoms with Crippen LogP contribution in [0.5, 0.6) is 11.5 Å². The molecular formula is C38H34N4O4. The van der Waals surface area contributed by atoms with Crippen LogP contribution in [0.3, 0.4) is 0 Å². The molecule has 2 fully saturated rings. The Bertz CT molecular complexity index is 2010. The maximum atomic E-state index is 15.5. The highest BCUT2D eigenvalue weighted by Crippen LogP contribution is 2.63. The van der Waals surface area contributed by atoms with E-state index in [4.69, 9.17) is 9.47 Å². The molecule has 2 bridgehead atoms. The number of hydrogen-bond donors (Lipinski definition) is 0. The summed E-state index contributed by atoms with van der Waals surface area (Å²) in [4.78, 5) is 33.0. The van der Waals surface area contributed by atoms with Crippen LogP contribution in [0.4, 0.5) is 0 Å². The SMILES string of the molecule is O=C1c2ccccc2OCc2cn(nn2)CCCCOc2ccccc2[C@H]2C3CCCN3[C@@]3(C(=O)c4cccc5cccc3c45)[C@H]12. The average molecular weight is 611 g/mol. The minimum absolute atomic E-state index is 0.00326. The first-order valence-electron chi connectivity index (χ1n) is 16.4. The molecule has 4 heterocycles. The van der Waals surface area contributed by atoms with Gasteiger partial charge in [-0.1, -0.05) is 71.9 Å². The van der Waals surface area contributed by atoms with Crippen LogP contribution < -0.4 is 9.47 Å². The van der Waals surface area contributed by atoms with Crippen molar-refractivity contribution < 1.29 is 19.1 Å². The van der Waals surface area contributed by atoms with Crippen molar-refractivity contribution in [1.82, 2.24) is 19.9 Å². The minimum Gasteiger partial charge on any atom is -0.493 e. The molecule has 46 heavy (non-hydrogen) atoms. The second-order valence-corrected chi connectivity index (χ2v) is 12.9. The normalized spacial score (nSPS) is 25.8. The first kappa shape index (κ1) is 27.5. The van der Waals surface area contributed by atoms with Crippen molar-refractivity contribution >= 4 is 22.3 Å². The molecule has 8 nitrogen and oxygen atoms in total. The lowest BCUT2D eigenvalue weighted by Crippen LogP contribution is -2.51. The quantitative estimate of drug-likeness (QED) is 0.202. The number of fused-ring (bicyclic) bond motifs is 11. The van der Waals surface area contributed by atoms with E-state index in [1.54, 1.807) is 0 Å². The summed E-state index contributed by atoms with van der Waals surface area (Å²) in [7, 11) is 0. The summed E-state index contributed by atoms with van der Waals surface area (Å²) in [5, 5.41) is 10.6. The van der Waals surface area contributed by atoms with E-state index in [2.05, 4.69) is 39.5 Å². The van der Waals surface area contributed by atoms with Gasteiger partial charge < -0.3 is 9.47 Å². The van der Waals surface area contributed by atoms with E-state index in [-0.39, 0.29) is 30.1 Å². The number of nitrogens with zero attached hydrogens (tertiary/aromatic N) is 4. The van der Waals surface area contributed by atoms with Crippen LogP contribution in [0.1, 0.15) is 69.1 Å². The largest absolute Gasteiger partial charge is 0.493 e. The number of aromatic nitrogens is 3. The zero-order valence-corrected chi connectivity index (χ0v) is 25.5. The number of aryl methyl sites for hydroxylation is 1. The van der Waals surface area contributed by atoms with Gasteiger partial charge in [-0.15, -0.1) is 5.10 Å². The Morgan fingerprint density at radius 2 is 1.59 bits per heavy atom. The molecule has 2 saturated heterocycles. The van der Waals surface area contributed by atoms with Crippen molar-refractivity contribution in [3.05, 3.63) is 119 Å². The molecule has 0 amide bonds. The Balaban J connectivity index is 1.28. The molecule has 4 atom stereocenters. The van der Waals surface area contributed by atoms with Crippen LogP contribution in [0.25, 0.3) is 10.8 Å². The minimum atomic E-state index is -1.14. The van der Waals surface area contributed by atoms with E-state index in [9.17, 15) is 0 Å². The Morgan fingerprint density at radius 3 is 2.50 bits per heavy atom. The fourth-order valence-corrected chi connectivity index (χ4v) is 8.85. The number of benzene rings is 4. The number of carbonyl (C=O) groups is 2. The summed E-state index contributed by atoms with van der Waals surface area (Å²) < 4.78 is 14.7. The van der Waals surface area contributed by atoms with Gasteiger partial charge >= 0.3 is 0 Å². The van der Waals surface area contributed by atoms with Gasteiger partial charge in [0.15, 0.2) is 11.6 Å². The van der Waals surface area contributed by atoms with Gasteiger partial charge in [0.05, 0.1) is 24.3 Å². The third-order valence-corrected chi connectivity index (χ3v) is 10.6. The second kappa shape index (κ2) is 10.6. The van der Waals surface area contributed by atoms with Gasteiger partial charge in [0.1, 0.15) is 29.3 Å². The molecule has 1 aliphatic carbocycles. The van der Waals surface area contributed by atoms with Crippen LogP contribution in [0.2, 0.25) is 0 Å². The molecule has 4 aromatic carbocycles. The van der Waals surface area contributed by atoms with Crippen molar-refractivity contribution in [2.24, 2.45) is 5.92 Å². The number of Topliss-reactive ketones (excluding diaryl/α,β-unsaturated/α-hetero) is 2. The molecule has 0 radical (unpaired) electrons. The molecule has 8 heteroatoms. The highest BCUT2D eigenvalue weighted by atomic mass is 16.5. The fraction of sp³-hybridized carbons (Fsp3) is 0.316. The van der Waals surface area contributed by atoms with Gasteiger partial charge in [-0.2, -0.15) is 0 Å². The molecule has 3 aliphatic heterocycles. The van der Waals surface area contributed by atoms with Gasteiger partial charge in [-0.3, -0.25) is 19.2 Å². The Morgan fingerprint density at radius 1 is 0.783 bits per heavy atom. The maximum absolute atomic E-state index is 15.5. The molecule has 1 aromatic heterocycles. The highest BCUT2D eigenvalue weighted by molar-refractivity contribution is 6.23. The monoisotopic (exact) mass is 610 g/mol. The predicted octanol–water partition coefficient (Wildman–Crippen LogP) is 6.34. The van der Waals surface area contributed by atoms with Gasteiger partial charge in [0.2, 0.25) is 0 Å². The summed E-state index contributed by atoms with van der Waals surface area (Å²) in [5.74, 6) is 0.240. The topological polar surface area (TPSA) is 86.6 Å². The molecule has 230 valence electrons. The molecule has 0 N–H and O–H groups in total. The fourth-order valence-electron chi connectivity index (χ4n) is 8.85. The molecule has 4 aliphatic rings. The van der Waals surface area contributed by atoms with Gasteiger partial charge in [0, 0.05) is 24.1 Å². The molecule has 0 saturated carbocycles. The zero-order chi connectivity index (χ0) is 30.8. The number of ether oxygens (including phenoxy) is 2. The smallest absolute Gasteiger partial charge is 0.189 e. The third kappa shape index (κ3) is 3.89.